The summed E-state index contributed by atoms with van der Waals surface area (Å²) in [7, 11) is 0. The molecule has 0 bridgehead atoms. The van der Waals surface area contributed by atoms with E-state index in [9.17, 15) is 4.79 Å². The van der Waals surface area contributed by atoms with Gasteiger partial charge in [-0.15, -0.1) is 0 Å². The number of nitrogens with one attached hydrogen (secondary N) is 1. The summed E-state index contributed by atoms with van der Waals surface area (Å²) in [5.74, 6) is 0.640. The maximum atomic E-state index is 12.0. The molecule has 4 heteroatoms. The zero-order valence-electron chi connectivity index (χ0n) is 10.7. The summed E-state index contributed by atoms with van der Waals surface area (Å²) in [6.45, 7) is 1.82. The summed E-state index contributed by atoms with van der Waals surface area (Å²) < 4.78 is 5.15. The topological polar surface area (TPSA) is 42.2 Å². The first-order chi connectivity index (χ1) is 9.19. The molecule has 1 aromatic heterocycles. The van der Waals surface area contributed by atoms with Crippen LogP contribution in [-0.4, -0.2) is 17.3 Å². The van der Waals surface area contributed by atoms with E-state index >= 15 is 0 Å². The molecule has 3 nitrogen and oxygen atoms in total. The molecule has 19 heavy (non-hydrogen) atoms. The van der Waals surface area contributed by atoms with Gasteiger partial charge in [-0.05, 0) is 25.0 Å². The minimum Gasteiger partial charge on any atom is -0.469 e. The third-order valence-electron chi connectivity index (χ3n) is 2.84. The van der Waals surface area contributed by atoms with E-state index in [2.05, 4.69) is 33.4 Å². The van der Waals surface area contributed by atoms with Crippen LogP contribution in [-0.2, 0) is 6.42 Å². The Kier molecular flexibility index (Phi) is 4.80. The third kappa shape index (κ3) is 3.96. The van der Waals surface area contributed by atoms with Crippen LogP contribution in [0.3, 0.4) is 0 Å². The van der Waals surface area contributed by atoms with Gasteiger partial charge in [0, 0.05) is 11.4 Å². The number of carbonyl (C=O) groups excluding carboxylic acids is 1. The smallest absolute Gasteiger partial charge is 0.254 e. The maximum absolute atomic E-state index is 12.0. The summed E-state index contributed by atoms with van der Waals surface area (Å²) >= 11 is 3.44. The van der Waals surface area contributed by atoms with Gasteiger partial charge in [-0.25, -0.2) is 0 Å². The van der Waals surface area contributed by atoms with Gasteiger partial charge in [0.1, 0.15) is 12.0 Å². The Bertz CT molecular complexity index is 536. The number of hydrogen-bond acceptors (Lipinski definition) is 2. The second-order valence-electron chi connectivity index (χ2n) is 4.46. The number of amides is 1. The van der Waals surface area contributed by atoms with Gasteiger partial charge in [-0.2, -0.15) is 0 Å². The molecular weight excluding hydrogens is 306 g/mol. The van der Waals surface area contributed by atoms with Crippen molar-refractivity contribution < 1.29 is 9.21 Å². The molecular formula is C15H16BrNO2. The van der Waals surface area contributed by atoms with Gasteiger partial charge in [0.15, 0.2) is 0 Å². The lowest BCUT2D eigenvalue weighted by Crippen LogP contribution is -2.37. The SMILES string of the molecule is Cc1cc(C(=O)NC(CBr)Cc2ccccc2)co1. The van der Waals surface area contributed by atoms with Crippen LogP contribution in [0.5, 0.6) is 0 Å². The van der Waals surface area contributed by atoms with Crippen LogP contribution >= 0.6 is 15.9 Å². The van der Waals surface area contributed by atoms with Crippen molar-refractivity contribution in [1.29, 1.82) is 0 Å². The van der Waals surface area contributed by atoms with Gasteiger partial charge in [-0.3, -0.25) is 4.79 Å². The van der Waals surface area contributed by atoms with Gasteiger partial charge in [0.2, 0.25) is 0 Å². The number of carbonyl (C=O) groups is 1. The number of benzene rings is 1. The molecule has 1 atom stereocenters. The van der Waals surface area contributed by atoms with Crippen molar-refractivity contribution >= 4 is 21.8 Å². The predicted molar refractivity (Wildman–Crippen MR) is 78.6 cm³/mol. The third-order valence-corrected chi connectivity index (χ3v) is 3.62. The van der Waals surface area contributed by atoms with Crippen molar-refractivity contribution in [3.05, 3.63) is 59.5 Å². The molecule has 1 N–H and O–H groups in total. The first-order valence-electron chi connectivity index (χ1n) is 6.15. The highest BCUT2D eigenvalue weighted by atomic mass is 79.9. The molecule has 2 rings (SSSR count). The lowest BCUT2D eigenvalue weighted by Gasteiger charge is -2.15. The fourth-order valence-corrected chi connectivity index (χ4v) is 2.26. The summed E-state index contributed by atoms with van der Waals surface area (Å²) in [5.41, 5.74) is 1.77. The van der Waals surface area contributed by atoms with E-state index in [1.54, 1.807) is 6.07 Å². The van der Waals surface area contributed by atoms with Crippen LogP contribution in [0.1, 0.15) is 21.7 Å². The zero-order chi connectivity index (χ0) is 13.7. The Balaban J connectivity index is 1.97. The molecule has 0 aliphatic carbocycles. The highest BCUT2D eigenvalue weighted by Crippen LogP contribution is 2.09. The second-order valence-corrected chi connectivity index (χ2v) is 5.11. The Morgan fingerprint density at radius 2 is 2.11 bits per heavy atom. The molecule has 2 aromatic rings. The minimum atomic E-state index is -0.0998. The largest absolute Gasteiger partial charge is 0.469 e. The van der Waals surface area contributed by atoms with E-state index in [4.69, 9.17) is 4.42 Å². The van der Waals surface area contributed by atoms with Crippen molar-refractivity contribution in [3.8, 4) is 0 Å². The van der Waals surface area contributed by atoms with Gasteiger partial charge in [-0.1, -0.05) is 46.3 Å². The van der Waals surface area contributed by atoms with Crippen LogP contribution in [0.4, 0.5) is 0 Å². The number of furan rings is 1. The highest BCUT2D eigenvalue weighted by molar-refractivity contribution is 9.09. The van der Waals surface area contributed by atoms with E-state index in [0.29, 0.717) is 10.9 Å². The van der Waals surface area contributed by atoms with Crippen molar-refractivity contribution in [2.75, 3.05) is 5.33 Å². The quantitative estimate of drug-likeness (QED) is 0.858. The van der Waals surface area contributed by atoms with E-state index in [0.717, 1.165) is 12.2 Å². The monoisotopic (exact) mass is 321 g/mol. The van der Waals surface area contributed by atoms with Crippen molar-refractivity contribution in [2.45, 2.75) is 19.4 Å². The summed E-state index contributed by atoms with van der Waals surface area (Å²) in [6.07, 6.45) is 2.28. The van der Waals surface area contributed by atoms with Crippen LogP contribution in [0.2, 0.25) is 0 Å². The lowest BCUT2D eigenvalue weighted by atomic mass is 10.1. The average molecular weight is 322 g/mol. The van der Waals surface area contributed by atoms with Crippen LogP contribution in [0, 0.1) is 6.92 Å². The van der Waals surface area contributed by atoms with E-state index in [1.165, 1.54) is 11.8 Å². The molecule has 100 valence electrons. The number of rotatable bonds is 5. The molecule has 1 heterocycles. The number of halogens is 1. The minimum absolute atomic E-state index is 0.0603. The summed E-state index contributed by atoms with van der Waals surface area (Å²) in [6, 6.07) is 11.9. The fraction of sp³-hybridized carbons (Fsp3) is 0.267. The molecule has 0 radical (unpaired) electrons. The molecule has 0 fully saturated rings. The predicted octanol–water partition coefficient (Wildman–Crippen LogP) is 3.32. The van der Waals surface area contributed by atoms with Crippen molar-refractivity contribution in [2.24, 2.45) is 0 Å². The molecule has 1 unspecified atom stereocenters. The first-order valence-corrected chi connectivity index (χ1v) is 7.27. The summed E-state index contributed by atoms with van der Waals surface area (Å²) in [4.78, 5) is 12.0. The Labute approximate surface area is 121 Å². The van der Waals surface area contributed by atoms with Gasteiger partial charge >= 0.3 is 0 Å². The summed E-state index contributed by atoms with van der Waals surface area (Å²) in [5, 5.41) is 3.71. The number of aryl methyl sites for hydroxylation is 1. The van der Waals surface area contributed by atoms with Crippen molar-refractivity contribution in [1.82, 2.24) is 5.32 Å². The molecule has 0 aliphatic rings. The van der Waals surface area contributed by atoms with Gasteiger partial charge in [0.05, 0.1) is 5.56 Å². The number of hydrogen-bond donors (Lipinski definition) is 1. The molecule has 1 aromatic carbocycles. The van der Waals surface area contributed by atoms with Crippen molar-refractivity contribution in [3.63, 3.8) is 0 Å². The second kappa shape index (κ2) is 6.57. The fourth-order valence-electron chi connectivity index (χ4n) is 1.87. The lowest BCUT2D eigenvalue weighted by molar-refractivity contribution is 0.0940. The zero-order valence-corrected chi connectivity index (χ0v) is 12.3. The molecule has 0 saturated heterocycles. The van der Waals surface area contributed by atoms with Crippen LogP contribution < -0.4 is 5.32 Å². The Morgan fingerprint density at radius 3 is 2.68 bits per heavy atom. The van der Waals surface area contributed by atoms with Gasteiger partial charge < -0.3 is 9.73 Å². The first kappa shape index (κ1) is 13.9. The Morgan fingerprint density at radius 1 is 1.37 bits per heavy atom. The Hall–Kier alpha value is -1.55. The molecule has 1 amide bonds. The molecule has 0 spiro atoms. The van der Waals surface area contributed by atoms with Crippen LogP contribution in [0.15, 0.2) is 47.1 Å². The van der Waals surface area contributed by atoms with E-state index in [1.807, 2.05) is 25.1 Å². The average Bonchev–Trinajstić information content (AvgIpc) is 2.86. The highest BCUT2D eigenvalue weighted by Gasteiger charge is 2.14. The normalized spacial score (nSPS) is 12.1. The van der Waals surface area contributed by atoms with E-state index < -0.39 is 0 Å². The van der Waals surface area contributed by atoms with Gasteiger partial charge in [0.25, 0.3) is 5.91 Å². The van der Waals surface area contributed by atoms with Crippen LogP contribution in [0.25, 0.3) is 0 Å². The standard InChI is InChI=1S/C15H16BrNO2/c1-11-7-13(10-19-11)15(18)17-14(9-16)8-12-5-3-2-4-6-12/h2-7,10,14H,8-9H2,1H3,(H,17,18). The molecule has 0 aliphatic heterocycles. The molecule has 0 saturated carbocycles. The van der Waals surface area contributed by atoms with E-state index in [-0.39, 0.29) is 11.9 Å². The maximum Gasteiger partial charge on any atom is 0.254 e. The number of alkyl halides is 1.